The molecule has 0 radical (unpaired) electrons. The maximum Gasteiger partial charge on any atom is 0.274 e. The first kappa shape index (κ1) is 24.9. The van der Waals surface area contributed by atoms with Crippen LogP contribution in [0.4, 0.5) is 10.2 Å². The first-order valence-electron chi connectivity index (χ1n) is 11.4. The topological polar surface area (TPSA) is 106 Å². The van der Waals surface area contributed by atoms with E-state index in [1.54, 1.807) is 17.0 Å². The van der Waals surface area contributed by atoms with Gasteiger partial charge in [0.2, 0.25) is 0 Å². The number of benzene rings is 2. The number of likely N-dealkylation sites (tertiary alicyclic amines) is 1. The van der Waals surface area contributed by atoms with Crippen LogP contribution in [0, 0.1) is 5.82 Å². The number of hydrogen-bond acceptors (Lipinski definition) is 5. The van der Waals surface area contributed by atoms with Crippen molar-refractivity contribution < 1.29 is 14.0 Å². The van der Waals surface area contributed by atoms with Crippen molar-refractivity contribution in [2.24, 2.45) is 5.73 Å². The Bertz CT molecular complexity index is 1490. The summed E-state index contributed by atoms with van der Waals surface area (Å²) in [5.41, 5.74) is 7.00. The normalized spacial score (nSPS) is 15.1. The molecule has 1 aliphatic rings. The van der Waals surface area contributed by atoms with E-state index in [4.69, 9.17) is 28.9 Å². The molecule has 0 bridgehead atoms. The third-order valence-corrected chi connectivity index (χ3v) is 6.62. The number of nitrogens with two attached hydrogens (primary N) is 1. The summed E-state index contributed by atoms with van der Waals surface area (Å²) in [7, 11) is 0. The molecule has 1 saturated heterocycles. The smallest absolute Gasteiger partial charge is 0.274 e. The summed E-state index contributed by atoms with van der Waals surface area (Å²) in [6, 6.07) is 15.9. The van der Waals surface area contributed by atoms with Crippen LogP contribution in [0.5, 0.6) is 0 Å². The Labute approximate surface area is 221 Å². The van der Waals surface area contributed by atoms with Crippen molar-refractivity contribution in [2.75, 3.05) is 18.4 Å². The maximum atomic E-state index is 14.4. The zero-order valence-electron chi connectivity index (χ0n) is 19.4. The fourth-order valence-corrected chi connectivity index (χ4v) is 4.70. The molecule has 5 rings (SSSR count). The molecule has 3 heterocycles. The third-order valence-electron chi connectivity index (χ3n) is 6.00. The average molecular weight is 539 g/mol. The molecular weight excluding hydrogens is 518 g/mol. The number of nitrogens with one attached hydrogen (secondary N) is 1. The van der Waals surface area contributed by atoms with Gasteiger partial charge in [0.25, 0.3) is 11.8 Å². The summed E-state index contributed by atoms with van der Waals surface area (Å²) in [6.45, 7) is 0.971. The van der Waals surface area contributed by atoms with Gasteiger partial charge in [-0.2, -0.15) is 5.10 Å². The number of carbonyl (C=O) groups is 2. The number of rotatable bonds is 5. The van der Waals surface area contributed by atoms with E-state index in [1.807, 2.05) is 18.2 Å². The Hall–Kier alpha value is -3.79. The van der Waals surface area contributed by atoms with E-state index >= 15 is 0 Å². The Kier molecular flexibility index (Phi) is 6.92. The minimum atomic E-state index is -0.599. The molecule has 1 unspecified atom stereocenters. The van der Waals surface area contributed by atoms with E-state index in [2.05, 4.69) is 15.4 Å². The van der Waals surface area contributed by atoms with Gasteiger partial charge in [-0.15, -0.1) is 0 Å². The maximum absolute atomic E-state index is 14.4. The van der Waals surface area contributed by atoms with Crippen LogP contribution in [-0.2, 0) is 0 Å². The molecule has 8 nitrogen and oxygen atoms in total. The summed E-state index contributed by atoms with van der Waals surface area (Å²) < 4.78 is 15.9. The minimum absolute atomic E-state index is 0.00996. The fraction of sp³-hybridized carbons (Fsp3) is 0.154. The Morgan fingerprint density at radius 2 is 1.84 bits per heavy atom. The summed E-state index contributed by atoms with van der Waals surface area (Å²) in [4.78, 5) is 32.1. The first-order valence-corrected chi connectivity index (χ1v) is 12.2. The van der Waals surface area contributed by atoms with Crippen molar-refractivity contribution in [1.29, 1.82) is 0 Å². The number of hydrogen-bond donors (Lipinski definition) is 2. The van der Waals surface area contributed by atoms with Crippen molar-refractivity contribution in [2.45, 2.75) is 12.5 Å². The van der Waals surface area contributed by atoms with Crippen LogP contribution < -0.4 is 11.1 Å². The van der Waals surface area contributed by atoms with E-state index in [0.717, 1.165) is 0 Å². The second kappa shape index (κ2) is 10.3. The number of nitrogens with zero attached hydrogens (tertiary/aromatic N) is 4. The number of pyridine rings is 1. The van der Waals surface area contributed by atoms with Gasteiger partial charge in [-0.1, -0.05) is 41.4 Å². The highest BCUT2D eigenvalue weighted by atomic mass is 35.5. The zero-order chi connectivity index (χ0) is 26.1. The Morgan fingerprint density at radius 3 is 2.54 bits per heavy atom. The molecule has 37 heavy (non-hydrogen) atoms. The molecule has 1 fully saturated rings. The summed E-state index contributed by atoms with van der Waals surface area (Å²) in [5.74, 6) is -1.22. The van der Waals surface area contributed by atoms with E-state index in [0.29, 0.717) is 25.2 Å². The number of aromatic nitrogens is 3. The summed E-state index contributed by atoms with van der Waals surface area (Å²) >= 11 is 12.6. The second-order valence-corrected chi connectivity index (χ2v) is 9.38. The summed E-state index contributed by atoms with van der Waals surface area (Å²) in [6.07, 6.45) is 2.14. The second-order valence-electron chi connectivity index (χ2n) is 8.56. The van der Waals surface area contributed by atoms with E-state index in [9.17, 15) is 14.0 Å². The average Bonchev–Trinajstić information content (AvgIpc) is 3.51. The molecule has 11 heteroatoms. The van der Waals surface area contributed by atoms with Crippen LogP contribution in [0.1, 0.15) is 27.3 Å². The molecule has 2 aromatic carbocycles. The van der Waals surface area contributed by atoms with Crippen LogP contribution in [0.15, 0.2) is 66.9 Å². The number of para-hydroxylation sites is 1. The molecule has 3 N–H and O–H groups in total. The summed E-state index contributed by atoms with van der Waals surface area (Å²) in [5, 5.41) is 7.45. The monoisotopic (exact) mass is 538 g/mol. The highest BCUT2D eigenvalue weighted by Gasteiger charge is 2.28. The van der Waals surface area contributed by atoms with Crippen molar-refractivity contribution in [3.63, 3.8) is 0 Å². The first-order chi connectivity index (χ1) is 17.8. The van der Waals surface area contributed by atoms with Gasteiger partial charge in [0, 0.05) is 37.0 Å². The van der Waals surface area contributed by atoms with E-state index < -0.39 is 11.7 Å². The molecule has 0 aliphatic carbocycles. The van der Waals surface area contributed by atoms with Crippen LogP contribution in [0.3, 0.4) is 0 Å². The van der Waals surface area contributed by atoms with Gasteiger partial charge >= 0.3 is 0 Å². The molecule has 0 saturated carbocycles. The lowest BCUT2D eigenvalue weighted by molar-refractivity contribution is 0.0784. The van der Waals surface area contributed by atoms with Gasteiger partial charge in [-0.3, -0.25) is 14.6 Å². The molecule has 2 amide bonds. The van der Waals surface area contributed by atoms with Crippen LogP contribution in [-0.4, -0.2) is 50.6 Å². The molecular formula is C26H21Cl2FN6O2. The SMILES string of the molecule is NC1CCN(C(=O)c2cc(NC(=O)c3cc(-c4ncccc4F)c(Cl)cc3Cl)n(-c3ccccc3)n2)C1. The Morgan fingerprint density at radius 1 is 1.05 bits per heavy atom. The van der Waals surface area contributed by atoms with Gasteiger partial charge in [-0.25, -0.2) is 9.07 Å². The van der Waals surface area contributed by atoms with Crippen LogP contribution in [0.2, 0.25) is 10.0 Å². The quantitative estimate of drug-likeness (QED) is 0.379. The predicted octanol–water partition coefficient (Wildman–Crippen LogP) is 4.81. The molecule has 1 atom stereocenters. The lowest BCUT2D eigenvalue weighted by atomic mass is 10.1. The number of anilines is 1. The van der Waals surface area contributed by atoms with Crippen LogP contribution in [0.25, 0.3) is 16.9 Å². The largest absolute Gasteiger partial charge is 0.336 e. The molecule has 1 aliphatic heterocycles. The third kappa shape index (κ3) is 5.06. The van der Waals surface area contributed by atoms with E-state index in [-0.39, 0.29) is 50.3 Å². The van der Waals surface area contributed by atoms with Gasteiger partial charge in [0.05, 0.1) is 21.3 Å². The molecule has 188 valence electrons. The van der Waals surface area contributed by atoms with Crippen molar-refractivity contribution >= 4 is 40.8 Å². The van der Waals surface area contributed by atoms with Crippen molar-refractivity contribution in [3.8, 4) is 16.9 Å². The minimum Gasteiger partial charge on any atom is -0.336 e. The predicted molar refractivity (Wildman–Crippen MR) is 140 cm³/mol. The lowest BCUT2D eigenvalue weighted by Gasteiger charge is -2.13. The van der Waals surface area contributed by atoms with Gasteiger partial charge in [0.15, 0.2) is 5.69 Å². The van der Waals surface area contributed by atoms with Crippen molar-refractivity contribution in [1.82, 2.24) is 19.7 Å². The zero-order valence-corrected chi connectivity index (χ0v) is 20.9. The number of amides is 2. The van der Waals surface area contributed by atoms with Gasteiger partial charge in [0.1, 0.15) is 17.3 Å². The highest BCUT2D eigenvalue weighted by molar-refractivity contribution is 6.38. The fourth-order valence-electron chi connectivity index (χ4n) is 4.15. The molecule has 0 spiro atoms. The van der Waals surface area contributed by atoms with E-state index in [1.165, 1.54) is 41.2 Å². The lowest BCUT2D eigenvalue weighted by Crippen LogP contribution is -2.32. The standard InChI is InChI=1S/C26H21Cl2FN6O2/c27-19-12-20(28)18(11-17(19)24-21(29)7-4-9-31-24)25(36)32-23-13-22(26(37)34-10-8-15(30)14-34)33-35(23)16-5-2-1-3-6-16/h1-7,9,11-13,15H,8,10,14,30H2,(H,32,36). The highest BCUT2D eigenvalue weighted by Crippen LogP contribution is 2.33. The Balaban J connectivity index is 1.51. The van der Waals surface area contributed by atoms with Crippen molar-refractivity contribution in [3.05, 3.63) is 94.0 Å². The number of halogens is 3. The van der Waals surface area contributed by atoms with Gasteiger partial charge in [-0.05, 0) is 42.8 Å². The van der Waals surface area contributed by atoms with Crippen LogP contribution >= 0.6 is 23.2 Å². The molecule has 2 aromatic heterocycles. The van der Waals surface area contributed by atoms with Gasteiger partial charge < -0.3 is 16.0 Å². The molecule has 4 aromatic rings. The number of carbonyl (C=O) groups excluding carboxylic acids is 2.